The van der Waals surface area contributed by atoms with E-state index in [-0.39, 0.29) is 0 Å². The molecule has 0 aromatic heterocycles. The Morgan fingerprint density at radius 3 is 1.75 bits per heavy atom. The Labute approximate surface area is 42.2 Å². The predicted octanol–water partition coefficient (Wildman–Crippen LogP) is 1.39. The largest absolute Gasteiger partial charge is 0.508 e. The van der Waals surface area contributed by atoms with E-state index in [9.17, 15) is 0 Å². The maximum Gasteiger partial charge on any atom is 0.115 e. The first kappa shape index (κ1) is 6.02. The second-order valence-corrected chi connectivity index (χ2v) is 1.34. The van der Waals surface area contributed by atoms with E-state index in [4.69, 9.17) is 5.11 Å². The van der Waals surface area contributed by atoms with E-state index in [1.807, 2.05) is 6.07 Å². The molecule has 0 saturated carbocycles. The summed E-state index contributed by atoms with van der Waals surface area (Å²) in [6, 6.07) is 8.71. The molecule has 1 aromatic carbocycles. The number of hydrogen-bond acceptors (Lipinski definition) is 1. The van der Waals surface area contributed by atoms with Crippen LogP contribution >= 0.6 is 0 Å². The van der Waals surface area contributed by atoms with Crippen molar-refractivity contribution in [2.75, 3.05) is 0 Å². The fourth-order valence-electron chi connectivity index (χ4n) is 0.428. The van der Waals surface area contributed by atoms with Gasteiger partial charge >= 0.3 is 0 Å². The average molecular weight is 341 g/mol. The molecular formula is C6H6BkO. The molecule has 0 aliphatic carbocycles. The Kier molecular flexibility index (Phi) is 1.68. The number of phenolic OH excluding ortho intramolecular Hbond substituents is 1. The van der Waals surface area contributed by atoms with Gasteiger partial charge in [-0.05, 0) is 12.1 Å². The van der Waals surface area contributed by atoms with E-state index in [1.165, 1.54) is 0 Å². The molecule has 0 heterocycles. The molecule has 0 fully saturated rings. The van der Waals surface area contributed by atoms with Crippen molar-refractivity contribution in [3.8, 4) is 5.75 Å². The van der Waals surface area contributed by atoms with Crippen molar-refractivity contribution in [1.29, 1.82) is 0 Å². The first-order chi connectivity index (χ1) is 3.39. The van der Waals surface area contributed by atoms with Crippen LogP contribution in [0.15, 0.2) is 30.3 Å². The van der Waals surface area contributed by atoms with Crippen molar-refractivity contribution in [3.05, 3.63) is 30.3 Å². The van der Waals surface area contributed by atoms with E-state index < -0.39 is 0 Å². The van der Waals surface area contributed by atoms with Crippen LogP contribution in [0.4, 0.5) is 0 Å². The van der Waals surface area contributed by atoms with Crippen LogP contribution in [0.1, 0.15) is 0 Å². The summed E-state index contributed by atoms with van der Waals surface area (Å²) in [6.45, 7) is 0. The molecule has 45 valence electrons. The van der Waals surface area contributed by atoms with Crippen LogP contribution in [0.25, 0.3) is 0 Å². The van der Waals surface area contributed by atoms with Crippen molar-refractivity contribution < 1.29 is 5.11 Å². The molecule has 2 heteroatoms. The summed E-state index contributed by atoms with van der Waals surface area (Å²) in [5.41, 5.74) is 0. The first-order valence-electron chi connectivity index (χ1n) is 2.13. The predicted molar refractivity (Wildman–Crippen MR) is 28.1 cm³/mol. The van der Waals surface area contributed by atoms with Gasteiger partial charge in [0.25, 0.3) is 0 Å². The van der Waals surface area contributed by atoms with Crippen LogP contribution in [-0.2, 0) is 0 Å². The van der Waals surface area contributed by atoms with Gasteiger partial charge in [0, 0.05) is 0 Å². The zero-order chi connectivity index (χ0) is 5.11. The molecule has 1 nitrogen and oxygen atoms in total. The summed E-state index contributed by atoms with van der Waals surface area (Å²) in [7, 11) is 0. The van der Waals surface area contributed by atoms with Crippen LogP contribution in [0, 0.1) is 0 Å². The smallest absolute Gasteiger partial charge is 0.115 e. The Morgan fingerprint density at radius 1 is 1.00 bits per heavy atom. The number of benzene rings is 1. The average Bonchev–Trinajstić information content (AvgIpc) is 1.69. The van der Waals surface area contributed by atoms with Gasteiger partial charge in [-0.2, -0.15) is 0 Å². The second-order valence-electron chi connectivity index (χ2n) is 1.34. The van der Waals surface area contributed by atoms with E-state index >= 15 is 0 Å². The molecule has 0 spiro atoms. The van der Waals surface area contributed by atoms with Gasteiger partial charge < -0.3 is 5.11 Å². The first-order valence-corrected chi connectivity index (χ1v) is 2.13. The minimum absolute atomic E-state index is 0. The molecular weight excluding hydrogens is 335 g/mol. The van der Waals surface area contributed by atoms with Crippen molar-refractivity contribution in [2.45, 2.75) is 0 Å². The van der Waals surface area contributed by atoms with Crippen molar-refractivity contribution in [3.63, 3.8) is 0 Å². The fourth-order valence-corrected chi connectivity index (χ4v) is 0.428. The summed E-state index contributed by atoms with van der Waals surface area (Å²) in [6.07, 6.45) is 0. The Hall–Kier alpha value is -1.98. The maximum absolute atomic E-state index is 8.63. The molecule has 0 aliphatic rings. The van der Waals surface area contributed by atoms with Gasteiger partial charge in [-0.3, -0.25) is 0 Å². The molecule has 0 unspecified atom stereocenters. The zero-order valence-electron chi connectivity index (χ0n) is 4.17. The minimum atomic E-state index is 0. The minimum Gasteiger partial charge on any atom is -0.508 e. The van der Waals surface area contributed by atoms with Crippen LogP contribution < -0.4 is 0 Å². The number of para-hydroxylation sites is 1. The van der Waals surface area contributed by atoms with Gasteiger partial charge in [-0.1, -0.05) is 18.2 Å². The van der Waals surface area contributed by atoms with Gasteiger partial charge in [-0.15, -0.1) is 0 Å². The third-order valence-corrected chi connectivity index (χ3v) is 0.756. The number of hydrogen-bond donors (Lipinski definition) is 1. The van der Waals surface area contributed by atoms with Crippen molar-refractivity contribution >= 4 is 0 Å². The van der Waals surface area contributed by atoms with E-state index in [0.29, 0.717) is 5.75 Å². The molecule has 8 heavy (non-hydrogen) atoms. The van der Waals surface area contributed by atoms with Crippen LogP contribution in [0.3, 0.4) is 0 Å². The van der Waals surface area contributed by atoms with Gasteiger partial charge in [0.1, 0.15) is 5.75 Å². The monoisotopic (exact) mass is 341 g/mol. The van der Waals surface area contributed by atoms with E-state index in [2.05, 4.69) is 0 Å². The van der Waals surface area contributed by atoms with Crippen LogP contribution in [-0.4, -0.2) is 5.11 Å². The molecule has 0 bridgehead atoms. The zero-order valence-corrected chi connectivity index (χ0v) is 6.94. The molecule has 1 N–H and O–H groups in total. The van der Waals surface area contributed by atoms with Crippen LogP contribution in [0.2, 0.25) is 0 Å². The molecule has 1 aromatic rings. The van der Waals surface area contributed by atoms with Gasteiger partial charge in [0.15, 0.2) is 0 Å². The normalized spacial score (nSPS) is 7.50. The summed E-state index contributed by atoms with van der Waals surface area (Å²) >= 11 is 0. The maximum atomic E-state index is 8.63. The van der Waals surface area contributed by atoms with E-state index in [1.54, 1.807) is 24.3 Å². The van der Waals surface area contributed by atoms with Gasteiger partial charge in [0.2, 0.25) is 0 Å². The van der Waals surface area contributed by atoms with E-state index in [0.717, 1.165) is 0 Å². The van der Waals surface area contributed by atoms with Gasteiger partial charge in [0.05, 0.1) is 0 Å². The molecule has 0 amide bonds. The quantitative estimate of drug-likeness (QED) is 0.756. The third-order valence-electron chi connectivity index (χ3n) is 0.756. The summed E-state index contributed by atoms with van der Waals surface area (Å²) in [4.78, 5) is 0. The molecule has 1 rings (SSSR count). The molecule has 1 radical (unpaired) electrons. The topological polar surface area (TPSA) is 20.2 Å². The summed E-state index contributed by atoms with van der Waals surface area (Å²) < 4.78 is 0. The fraction of sp³-hybridized carbons (Fsp3) is 0. The number of aromatic hydroxyl groups is 1. The molecule has 0 saturated heterocycles. The van der Waals surface area contributed by atoms with Crippen molar-refractivity contribution in [2.24, 2.45) is 0 Å². The number of rotatable bonds is 0. The standard InChI is InChI=1S/C6H6O.Bk/c7-6-4-2-1-3-5-6;/h1-5,7H;. The third kappa shape index (κ3) is 1.01. The van der Waals surface area contributed by atoms with Crippen molar-refractivity contribution in [1.82, 2.24) is 0 Å². The Morgan fingerprint density at radius 2 is 1.50 bits per heavy atom. The van der Waals surface area contributed by atoms with Crippen LogP contribution in [0.5, 0.6) is 5.75 Å². The SMILES string of the molecule is Oc1ccccc1.[Bk]. The Balaban J connectivity index is 0.000000490. The Bertz CT molecular complexity index is 138. The summed E-state index contributed by atoms with van der Waals surface area (Å²) in [5, 5.41) is 8.63. The number of phenols is 1. The van der Waals surface area contributed by atoms with Gasteiger partial charge in [-0.25, -0.2) is 0 Å². The second kappa shape index (κ2) is 2.24. The summed E-state index contributed by atoms with van der Waals surface area (Å²) in [5.74, 6) is 0.322. The molecule has 0 aliphatic heterocycles. The molecule has 0 atom stereocenters.